The molecular weight excluding hydrogens is 312 g/mol. The molecule has 0 aliphatic carbocycles. The van der Waals surface area contributed by atoms with Crippen LogP contribution in [-0.2, 0) is 24.3 Å². The maximum atomic E-state index is 12.3. The highest BCUT2D eigenvalue weighted by atomic mass is 32.2. The predicted octanol–water partition coefficient (Wildman–Crippen LogP) is 1.43. The molecule has 1 amide bonds. The van der Waals surface area contributed by atoms with E-state index in [0.29, 0.717) is 11.7 Å². The molecule has 0 radical (unpaired) electrons. The van der Waals surface area contributed by atoms with Gasteiger partial charge >= 0.3 is 0 Å². The SMILES string of the molecule is Cc1cc(C)nc(S[C@H](C)C(=O)NCc2nnc3n2CCC3)n1. The molecule has 8 heteroatoms. The van der Waals surface area contributed by atoms with Crippen molar-refractivity contribution in [2.45, 2.75) is 57.1 Å². The molecule has 1 atom stereocenters. The molecule has 3 rings (SSSR count). The summed E-state index contributed by atoms with van der Waals surface area (Å²) >= 11 is 1.37. The highest BCUT2D eigenvalue weighted by Crippen LogP contribution is 2.20. The molecule has 1 aliphatic rings. The van der Waals surface area contributed by atoms with Crippen molar-refractivity contribution in [1.82, 2.24) is 30.0 Å². The molecule has 0 unspecified atom stereocenters. The summed E-state index contributed by atoms with van der Waals surface area (Å²) in [6.07, 6.45) is 2.07. The van der Waals surface area contributed by atoms with Crippen molar-refractivity contribution in [3.8, 4) is 0 Å². The lowest BCUT2D eigenvalue weighted by Crippen LogP contribution is -2.31. The van der Waals surface area contributed by atoms with E-state index in [-0.39, 0.29) is 11.2 Å². The fourth-order valence-corrected chi connectivity index (χ4v) is 3.51. The molecule has 0 bridgehead atoms. The van der Waals surface area contributed by atoms with Crippen molar-refractivity contribution < 1.29 is 4.79 Å². The van der Waals surface area contributed by atoms with Crippen LogP contribution in [-0.4, -0.2) is 35.9 Å². The maximum Gasteiger partial charge on any atom is 0.233 e. The Balaban J connectivity index is 1.57. The molecule has 3 heterocycles. The molecule has 0 saturated carbocycles. The van der Waals surface area contributed by atoms with E-state index in [4.69, 9.17) is 0 Å². The summed E-state index contributed by atoms with van der Waals surface area (Å²) < 4.78 is 2.09. The summed E-state index contributed by atoms with van der Waals surface area (Å²) in [6.45, 7) is 7.05. The van der Waals surface area contributed by atoms with Gasteiger partial charge in [0.1, 0.15) is 5.82 Å². The van der Waals surface area contributed by atoms with Crippen molar-refractivity contribution >= 4 is 17.7 Å². The second kappa shape index (κ2) is 6.66. The summed E-state index contributed by atoms with van der Waals surface area (Å²) in [5.41, 5.74) is 1.82. The molecule has 122 valence electrons. The van der Waals surface area contributed by atoms with Gasteiger partial charge in [-0.05, 0) is 33.3 Å². The van der Waals surface area contributed by atoms with E-state index in [0.717, 1.165) is 42.4 Å². The molecular formula is C15H20N6OS. The minimum absolute atomic E-state index is 0.0480. The van der Waals surface area contributed by atoms with Crippen LogP contribution in [0.4, 0.5) is 0 Å². The molecule has 2 aromatic heterocycles. The van der Waals surface area contributed by atoms with Gasteiger partial charge in [-0.15, -0.1) is 10.2 Å². The van der Waals surface area contributed by atoms with Gasteiger partial charge in [-0.1, -0.05) is 11.8 Å². The third-order valence-electron chi connectivity index (χ3n) is 3.72. The number of carbonyl (C=O) groups excluding carboxylic acids is 1. The fourth-order valence-electron chi connectivity index (χ4n) is 2.61. The molecule has 0 aromatic carbocycles. The Morgan fingerprint density at radius 1 is 1.35 bits per heavy atom. The molecule has 0 fully saturated rings. The Labute approximate surface area is 139 Å². The number of carbonyl (C=O) groups is 1. The van der Waals surface area contributed by atoms with Gasteiger partial charge in [0.2, 0.25) is 5.91 Å². The summed E-state index contributed by atoms with van der Waals surface area (Å²) in [6, 6.07) is 1.92. The Morgan fingerprint density at radius 3 is 2.83 bits per heavy atom. The average Bonchev–Trinajstić information content (AvgIpc) is 3.07. The quantitative estimate of drug-likeness (QED) is 0.658. The van der Waals surface area contributed by atoms with E-state index in [1.807, 2.05) is 26.8 Å². The fraction of sp³-hybridized carbons (Fsp3) is 0.533. The molecule has 0 spiro atoms. The highest BCUT2D eigenvalue weighted by Gasteiger charge is 2.20. The minimum Gasteiger partial charge on any atom is -0.348 e. The van der Waals surface area contributed by atoms with Crippen LogP contribution >= 0.6 is 11.8 Å². The van der Waals surface area contributed by atoms with E-state index in [2.05, 4.69) is 30.0 Å². The highest BCUT2D eigenvalue weighted by molar-refractivity contribution is 8.00. The van der Waals surface area contributed by atoms with Gasteiger partial charge < -0.3 is 9.88 Å². The van der Waals surface area contributed by atoms with E-state index < -0.39 is 0 Å². The summed E-state index contributed by atoms with van der Waals surface area (Å²) in [4.78, 5) is 21.0. The number of aryl methyl sites for hydroxylation is 3. The Morgan fingerprint density at radius 2 is 2.09 bits per heavy atom. The van der Waals surface area contributed by atoms with E-state index in [1.54, 1.807) is 0 Å². The van der Waals surface area contributed by atoms with Crippen molar-refractivity contribution in [2.24, 2.45) is 0 Å². The molecule has 7 nitrogen and oxygen atoms in total. The zero-order valence-electron chi connectivity index (χ0n) is 13.5. The van der Waals surface area contributed by atoms with Crippen LogP contribution in [0.15, 0.2) is 11.2 Å². The van der Waals surface area contributed by atoms with Gasteiger partial charge in [0.05, 0.1) is 11.8 Å². The normalized spacial score (nSPS) is 14.6. The number of fused-ring (bicyclic) bond motifs is 1. The first-order chi connectivity index (χ1) is 11.0. The number of rotatable bonds is 5. The number of nitrogens with one attached hydrogen (secondary N) is 1. The molecule has 1 N–H and O–H groups in total. The van der Waals surface area contributed by atoms with Crippen LogP contribution in [0, 0.1) is 13.8 Å². The number of hydrogen-bond donors (Lipinski definition) is 1. The number of aromatic nitrogens is 5. The van der Waals surface area contributed by atoms with Gasteiger partial charge in [-0.3, -0.25) is 4.79 Å². The molecule has 0 saturated heterocycles. The largest absolute Gasteiger partial charge is 0.348 e. The summed E-state index contributed by atoms with van der Waals surface area (Å²) in [5.74, 6) is 1.79. The average molecular weight is 332 g/mol. The maximum absolute atomic E-state index is 12.3. The third kappa shape index (κ3) is 3.69. The van der Waals surface area contributed by atoms with Crippen LogP contribution in [0.5, 0.6) is 0 Å². The predicted molar refractivity (Wildman–Crippen MR) is 87.0 cm³/mol. The van der Waals surface area contributed by atoms with Gasteiger partial charge in [-0.2, -0.15) is 0 Å². The summed E-state index contributed by atoms with van der Waals surface area (Å²) in [7, 11) is 0. The van der Waals surface area contributed by atoms with Crippen LogP contribution in [0.1, 0.15) is 36.4 Å². The van der Waals surface area contributed by atoms with Gasteiger partial charge in [0.25, 0.3) is 0 Å². The van der Waals surface area contributed by atoms with Crippen LogP contribution in [0.3, 0.4) is 0 Å². The van der Waals surface area contributed by atoms with E-state index >= 15 is 0 Å². The lowest BCUT2D eigenvalue weighted by molar-refractivity contribution is -0.120. The second-order valence-electron chi connectivity index (χ2n) is 5.70. The van der Waals surface area contributed by atoms with Crippen LogP contribution in [0.25, 0.3) is 0 Å². The van der Waals surface area contributed by atoms with Crippen LogP contribution in [0.2, 0.25) is 0 Å². The topological polar surface area (TPSA) is 85.6 Å². The Bertz CT molecular complexity index is 709. The van der Waals surface area contributed by atoms with E-state index in [1.165, 1.54) is 11.8 Å². The lowest BCUT2D eigenvalue weighted by Gasteiger charge is -2.11. The summed E-state index contributed by atoms with van der Waals surface area (Å²) in [5, 5.41) is 11.6. The van der Waals surface area contributed by atoms with Gasteiger partial charge in [0.15, 0.2) is 11.0 Å². The number of hydrogen-bond acceptors (Lipinski definition) is 6. The molecule has 2 aromatic rings. The van der Waals surface area contributed by atoms with Crippen LogP contribution < -0.4 is 5.32 Å². The number of thioether (sulfide) groups is 1. The zero-order chi connectivity index (χ0) is 16.4. The van der Waals surface area contributed by atoms with Crippen molar-refractivity contribution in [3.05, 3.63) is 29.1 Å². The van der Waals surface area contributed by atoms with Gasteiger partial charge in [0, 0.05) is 24.4 Å². The van der Waals surface area contributed by atoms with E-state index in [9.17, 15) is 4.79 Å². The number of amides is 1. The lowest BCUT2D eigenvalue weighted by atomic mass is 10.4. The van der Waals surface area contributed by atoms with Crippen molar-refractivity contribution in [1.29, 1.82) is 0 Å². The van der Waals surface area contributed by atoms with Gasteiger partial charge in [-0.25, -0.2) is 9.97 Å². The minimum atomic E-state index is -0.267. The van der Waals surface area contributed by atoms with Crippen molar-refractivity contribution in [3.63, 3.8) is 0 Å². The molecule has 23 heavy (non-hydrogen) atoms. The third-order valence-corrected chi connectivity index (χ3v) is 4.68. The first kappa shape index (κ1) is 15.9. The first-order valence-electron chi connectivity index (χ1n) is 7.70. The monoisotopic (exact) mass is 332 g/mol. The smallest absolute Gasteiger partial charge is 0.233 e. The number of nitrogens with zero attached hydrogens (tertiary/aromatic N) is 5. The molecule has 1 aliphatic heterocycles. The first-order valence-corrected chi connectivity index (χ1v) is 8.58. The Hall–Kier alpha value is -1.96. The standard InChI is InChI=1S/C15H20N6OS/c1-9-7-10(2)18-15(17-9)23-11(3)14(22)16-8-13-20-19-12-5-4-6-21(12)13/h7,11H,4-6,8H2,1-3H3,(H,16,22)/t11-/m1/s1. The zero-order valence-corrected chi connectivity index (χ0v) is 14.4. The van der Waals surface area contributed by atoms with Crippen molar-refractivity contribution in [2.75, 3.05) is 0 Å². The Kier molecular flexibility index (Phi) is 4.61. The second-order valence-corrected chi connectivity index (χ2v) is 7.01.